The molecule has 1 N–H and O–H groups in total. The van der Waals surface area contributed by atoms with Gasteiger partial charge in [0.2, 0.25) is 0 Å². The van der Waals surface area contributed by atoms with Gasteiger partial charge >= 0.3 is 0 Å². The van der Waals surface area contributed by atoms with E-state index in [1.54, 1.807) is 0 Å². The quantitative estimate of drug-likeness (QED) is 0.915. The Bertz CT molecular complexity index is 677. The fraction of sp³-hybridized carbons (Fsp3) is 0.588. The van der Waals surface area contributed by atoms with Gasteiger partial charge in [-0.1, -0.05) is 0 Å². The molecule has 2 aromatic heterocycles. The van der Waals surface area contributed by atoms with Crippen LogP contribution in [0, 0.1) is 6.92 Å². The summed E-state index contributed by atoms with van der Waals surface area (Å²) < 4.78 is 7.80. The SMILES string of the molecule is Cc1nn(C)cc1[C@H]1OCC[C@@H]1NCc1cnc(C2CC2)nc1. The lowest BCUT2D eigenvalue weighted by Crippen LogP contribution is -2.31. The summed E-state index contributed by atoms with van der Waals surface area (Å²) in [7, 11) is 1.95. The van der Waals surface area contributed by atoms with Crippen LogP contribution in [0.15, 0.2) is 18.6 Å². The molecule has 1 saturated heterocycles. The second-order valence-electron chi connectivity index (χ2n) is 6.63. The fourth-order valence-corrected chi connectivity index (χ4v) is 3.26. The Labute approximate surface area is 136 Å². The van der Waals surface area contributed by atoms with Crippen LogP contribution in [-0.2, 0) is 18.3 Å². The molecule has 1 saturated carbocycles. The second-order valence-corrected chi connectivity index (χ2v) is 6.63. The van der Waals surface area contributed by atoms with E-state index in [4.69, 9.17) is 4.74 Å². The predicted octanol–water partition coefficient (Wildman–Crippen LogP) is 2.02. The van der Waals surface area contributed by atoms with E-state index >= 15 is 0 Å². The number of nitrogens with one attached hydrogen (secondary N) is 1. The Morgan fingerprint density at radius 1 is 1.26 bits per heavy atom. The zero-order chi connectivity index (χ0) is 15.8. The van der Waals surface area contributed by atoms with E-state index < -0.39 is 0 Å². The highest BCUT2D eigenvalue weighted by Crippen LogP contribution is 2.37. The molecule has 0 spiro atoms. The molecule has 0 bridgehead atoms. The smallest absolute Gasteiger partial charge is 0.131 e. The molecule has 0 radical (unpaired) electrons. The average molecular weight is 313 g/mol. The normalized spacial score (nSPS) is 24.3. The van der Waals surface area contributed by atoms with Gasteiger partial charge in [0.25, 0.3) is 0 Å². The van der Waals surface area contributed by atoms with Crippen molar-refractivity contribution < 1.29 is 4.74 Å². The zero-order valence-electron chi connectivity index (χ0n) is 13.7. The first-order valence-corrected chi connectivity index (χ1v) is 8.36. The second kappa shape index (κ2) is 6.02. The van der Waals surface area contributed by atoms with Crippen LogP contribution < -0.4 is 5.32 Å². The molecule has 23 heavy (non-hydrogen) atoms. The minimum absolute atomic E-state index is 0.0790. The molecule has 0 aromatic carbocycles. The molecule has 1 aliphatic carbocycles. The van der Waals surface area contributed by atoms with Crippen molar-refractivity contribution in [1.82, 2.24) is 25.1 Å². The van der Waals surface area contributed by atoms with E-state index in [0.717, 1.165) is 36.7 Å². The third-order valence-electron chi connectivity index (χ3n) is 4.69. The first kappa shape index (κ1) is 14.8. The first-order valence-electron chi connectivity index (χ1n) is 8.36. The van der Waals surface area contributed by atoms with Crippen molar-refractivity contribution >= 4 is 0 Å². The van der Waals surface area contributed by atoms with Crippen LogP contribution in [0.3, 0.4) is 0 Å². The van der Waals surface area contributed by atoms with Crippen LogP contribution in [0.4, 0.5) is 0 Å². The molecule has 0 amide bonds. The Kier molecular flexibility index (Phi) is 3.87. The van der Waals surface area contributed by atoms with E-state index in [1.807, 2.05) is 31.0 Å². The Hall–Kier alpha value is -1.79. The van der Waals surface area contributed by atoms with Crippen molar-refractivity contribution in [1.29, 1.82) is 0 Å². The van der Waals surface area contributed by atoms with Crippen molar-refractivity contribution in [3.05, 3.63) is 41.2 Å². The maximum atomic E-state index is 5.95. The van der Waals surface area contributed by atoms with Gasteiger partial charge in [-0.3, -0.25) is 4.68 Å². The van der Waals surface area contributed by atoms with Gasteiger partial charge in [-0.15, -0.1) is 0 Å². The number of hydrogen-bond donors (Lipinski definition) is 1. The van der Waals surface area contributed by atoms with E-state index in [-0.39, 0.29) is 6.10 Å². The number of aromatic nitrogens is 4. The summed E-state index contributed by atoms with van der Waals surface area (Å²) in [6.07, 6.45) is 9.54. The van der Waals surface area contributed by atoms with E-state index in [2.05, 4.69) is 26.6 Å². The molecule has 0 unspecified atom stereocenters. The summed E-state index contributed by atoms with van der Waals surface area (Å²) in [5.74, 6) is 1.61. The number of nitrogens with zero attached hydrogens (tertiary/aromatic N) is 4. The molecule has 1 aliphatic heterocycles. The average Bonchev–Trinajstić information content (AvgIpc) is 3.20. The third-order valence-corrected chi connectivity index (χ3v) is 4.69. The number of aryl methyl sites for hydroxylation is 2. The summed E-state index contributed by atoms with van der Waals surface area (Å²) in [6, 6.07) is 0.306. The standard InChI is InChI=1S/C17H23N5O/c1-11-14(10-22(2)21-11)16-15(5-6-23-16)18-7-12-8-19-17(20-9-12)13-3-4-13/h8-10,13,15-16,18H,3-7H2,1-2H3/t15-,16+/m0/s1. The van der Waals surface area contributed by atoms with Gasteiger partial charge < -0.3 is 10.1 Å². The molecular formula is C17H23N5O. The summed E-state index contributed by atoms with van der Waals surface area (Å²) in [5.41, 5.74) is 3.36. The fourth-order valence-electron chi connectivity index (χ4n) is 3.26. The lowest BCUT2D eigenvalue weighted by atomic mass is 10.0. The summed E-state index contributed by atoms with van der Waals surface area (Å²) in [5, 5.41) is 8.03. The van der Waals surface area contributed by atoms with Crippen LogP contribution in [0.25, 0.3) is 0 Å². The van der Waals surface area contributed by atoms with E-state index in [1.165, 1.54) is 18.4 Å². The monoisotopic (exact) mass is 313 g/mol. The topological polar surface area (TPSA) is 64.9 Å². The van der Waals surface area contributed by atoms with Gasteiger partial charge in [0.15, 0.2) is 0 Å². The van der Waals surface area contributed by atoms with Crippen molar-refractivity contribution in [3.8, 4) is 0 Å². The lowest BCUT2D eigenvalue weighted by Gasteiger charge is -2.19. The highest BCUT2D eigenvalue weighted by molar-refractivity contribution is 5.21. The van der Waals surface area contributed by atoms with Gasteiger partial charge in [0.1, 0.15) is 11.9 Å². The minimum atomic E-state index is 0.0790. The molecule has 2 aliphatic rings. The highest BCUT2D eigenvalue weighted by Gasteiger charge is 2.31. The summed E-state index contributed by atoms with van der Waals surface area (Å²) in [6.45, 7) is 3.60. The highest BCUT2D eigenvalue weighted by atomic mass is 16.5. The molecule has 2 aromatic rings. The Morgan fingerprint density at radius 3 is 2.70 bits per heavy atom. The van der Waals surface area contributed by atoms with Gasteiger partial charge in [0, 0.05) is 61.9 Å². The van der Waals surface area contributed by atoms with E-state index in [9.17, 15) is 0 Å². The molecule has 6 nitrogen and oxygen atoms in total. The van der Waals surface area contributed by atoms with Gasteiger partial charge in [0.05, 0.1) is 5.69 Å². The predicted molar refractivity (Wildman–Crippen MR) is 85.9 cm³/mol. The zero-order valence-corrected chi connectivity index (χ0v) is 13.7. The van der Waals surface area contributed by atoms with Crippen LogP contribution in [0.2, 0.25) is 0 Å². The molecule has 122 valence electrons. The molecule has 2 fully saturated rings. The number of hydrogen-bond acceptors (Lipinski definition) is 5. The van der Waals surface area contributed by atoms with Crippen molar-refractivity contribution in [2.75, 3.05) is 6.61 Å². The molecule has 3 heterocycles. The Balaban J connectivity index is 1.40. The first-order chi connectivity index (χ1) is 11.2. The van der Waals surface area contributed by atoms with Crippen LogP contribution in [0.1, 0.15) is 53.9 Å². The Morgan fingerprint density at radius 2 is 2.04 bits per heavy atom. The molecule has 6 heteroatoms. The minimum Gasteiger partial charge on any atom is -0.372 e. The van der Waals surface area contributed by atoms with Gasteiger partial charge in [-0.2, -0.15) is 5.10 Å². The maximum Gasteiger partial charge on any atom is 0.131 e. The van der Waals surface area contributed by atoms with Crippen molar-refractivity contribution in [2.45, 2.75) is 50.8 Å². The number of rotatable bonds is 5. The van der Waals surface area contributed by atoms with Crippen molar-refractivity contribution in [2.24, 2.45) is 7.05 Å². The van der Waals surface area contributed by atoms with Crippen LogP contribution >= 0.6 is 0 Å². The lowest BCUT2D eigenvalue weighted by molar-refractivity contribution is 0.0979. The molecule has 2 atom stereocenters. The maximum absolute atomic E-state index is 5.95. The number of ether oxygens (including phenoxy) is 1. The van der Waals surface area contributed by atoms with Crippen molar-refractivity contribution in [3.63, 3.8) is 0 Å². The van der Waals surface area contributed by atoms with Crippen LogP contribution in [0.5, 0.6) is 0 Å². The van der Waals surface area contributed by atoms with Crippen LogP contribution in [-0.4, -0.2) is 32.4 Å². The largest absolute Gasteiger partial charge is 0.372 e. The summed E-state index contributed by atoms with van der Waals surface area (Å²) >= 11 is 0. The van der Waals surface area contributed by atoms with Gasteiger partial charge in [-0.25, -0.2) is 9.97 Å². The summed E-state index contributed by atoms with van der Waals surface area (Å²) in [4.78, 5) is 8.97. The van der Waals surface area contributed by atoms with E-state index in [0.29, 0.717) is 12.0 Å². The molecular weight excluding hydrogens is 290 g/mol. The third kappa shape index (κ3) is 3.14. The molecule has 4 rings (SSSR count). The van der Waals surface area contributed by atoms with Gasteiger partial charge in [-0.05, 0) is 26.2 Å².